The summed E-state index contributed by atoms with van der Waals surface area (Å²) in [6.45, 7) is 7.03. The van der Waals surface area contributed by atoms with E-state index >= 15 is 0 Å². The molecule has 2 aromatic heterocycles. The molecule has 0 saturated carbocycles. The van der Waals surface area contributed by atoms with E-state index in [1.165, 1.54) is 12.8 Å². The Morgan fingerprint density at radius 1 is 1.11 bits per heavy atom. The third kappa shape index (κ3) is 3.67. The van der Waals surface area contributed by atoms with Gasteiger partial charge in [0.1, 0.15) is 5.75 Å². The van der Waals surface area contributed by atoms with Crippen molar-refractivity contribution < 1.29 is 5.11 Å². The van der Waals surface area contributed by atoms with Crippen molar-refractivity contribution in [1.29, 1.82) is 0 Å². The first kappa shape index (κ1) is 17.6. The molecule has 3 heterocycles. The van der Waals surface area contributed by atoms with E-state index in [0.717, 1.165) is 54.5 Å². The lowest BCUT2D eigenvalue weighted by Gasteiger charge is -2.17. The minimum absolute atomic E-state index is 0.290. The summed E-state index contributed by atoms with van der Waals surface area (Å²) in [5.41, 5.74) is 2.87. The van der Waals surface area contributed by atoms with Crippen molar-refractivity contribution in [2.75, 3.05) is 29.9 Å². The molecule has 1 fully saturated rings. The molecule has 142 valence electrons. The molecular formula is C20H26N6O. The van der Waals surface area contributed by atoms with E-state index in [1.807, 2.05) is 18.5 Å². The highest BCUT2D eigenvalue weighted by molar-refractivity contribution is 5.84. The molecule has 7 nitrogen and oxygen atoms in total. The smallest absolute Gasteiger partial charge is 0.229 e. The summed E-state index contributed by atoms with van der Waals surface area (Å²) in [6.07, 6.45) is 5.07. The molecule has 1 aliphatic rings. The number of aromatic hydroxyl groups is 1. The summed E-state index contributed by atoms with van der Waals surface area (Å²) in [4.78, 5) is 16.4. The highest BCUT2D eigenvalue weighted by Gasteiger charge is 2.20. The van der Waals surface area contributed by atoms with Crippen LogP contribution in [0.1, 0.15) is 38.3 Å². The number of benzene rings is 1. The standard InChI is InChI=1S/C20H26N6O/c1-14(2)26-13-22-17-18(21-10-9-15-5-7-16(27)8-6-15)23-20(24-19(17)26)25-11-3-4-12-25/h5-8,13-14,27H,3-4,9-12H2,1-2H3,(H,21,23,24). The fraction of sp³-hybridized carbons (Fsp3) is 0.450. The third-order valence-electron chi connectivity index (χ3n) is 5.00. The van der Waals surface area contributed by atoms with Crippen molar-refractivity contribution in [3.63, 3.8) is 0 Å². The van der Waals surface area contributed by atoms with Gasteiger partial charge in [-0.15, -0.1) is 0 Å². The molecule has 0 spiro atoms. The molecule has 3 aromatic rings. The fourth-order valence-electron chi connectivity index (χ4n) is 3.45. The number of hydrogen-bond acceptors (Lipinski definition) is 6. The van der Waals surface area contributed by atoms with Gasteiger partial charge in [0.2, 0.25) is 5.95 Å². The summed E-state index contributed by atoms with van der Waals surface area (Å²) in [5, 5.41) is 12.9. The first-order valence-corrected chi connectivity index (χ1v) is 9.63. The molecule has 0 bridgehead atoms. The van der Waals surface area contributed by atoms with Gasteiger partial charge in [-0.25, -0.2) is 4.98 Å². The van der Waals surface area contributed by atoms with Crippen LogP contribution in [0.2, 0.25) is 0 Å². The maximum absolute atomic E-state index is 9.41. The Balaban J connectivity index is 1.60. The van der Waals surface area contributed by atoms with Crippen LogP contribution in [0.25, 0.3) is 11.2 Å². The van der Waals surface area contributed by atoms with E-state index < -0.39 is 0 Å². The van der Waals surface area contributed by atoms with Crippen LogP contribution in [0, 0.1) is 0 Å². The SMILES string of the molecule is CC(C)n1cnc2c(NCCc3ccc(O)cc3)nc(N3CCCC3)nc21. The highest BCUT2D eigenvalue weighted by Crippen LogP contribution is 2.26. The van der Waals surface area contributed by atoms with E-state index in [4.69, 9.17) is 9.97 Å². The van der Waals surface area contributed by atoms with Crippen molar-refractivity contribution in [3.05, 3.63) is 36.2 Å². The number of phenols is 1. The maximum atomic E-state index is 9.41. The monoisotopic (exact) mass is 366 g/mol. The topological polar surface area (TPSA) is 79.1 Å². The molecular weight excluding hydrogens is 340 g/mol. The highest BCUT2D eigenvalue weighted by atomic mass is 16.3. The van der Waals surface area contributed by atoms with E-state index in [-0.39, 0.29) is 0 Å². The molecule has 0 radical (unpaired) electrons. The van der Waals surface area contributed by atoms with Crippen LogP contribution >= 0.6 is 0 Å². The summed E-state index contributed by atoms with van der Waals surface area (Å²) in [6, 6.07) is 7.61. The lowest BCUT2D eigenvalue weighted by Crippen LogP contribution is -2.21. The Morgan fingerprint density at radius 2 is 1.85 bits per heavy atom. The van der Waals surface area contributed by atoms with Crippen LogP contribution in [0.5, 0.6) is 5.75 Å². The van der Waals surface area contributed by atoms with Crippen LogP contribution in [-0.2, 0) is 6.42 Å². The third-order valence-corrected chi connectivity index (χ3v) is 5.00. The summed E-state index contributed by atoms with van der Waals surface area (Å²) >= 11 is 0. The maximum Gasteiger partial charge on any atom is 0.229 e. The zero-order chi connectivity index (χ0) is 18.8. The van der Waals surface area contributed by atoms with E-state index in [0.29, 0.717) is 11.8 Å². The normalized spacial score (nSPS) is 14.4. The van der Waals surface area contributed by atoms with Crippen molar-refractivity contribution in [2.45, 2.75) is 39.2 Å². The molecule has 0 unspecified atom stereocenters. The van der Waals surface area contributed by atoms with Gasteiger partial charge < -0.3 is 19.9 Å². The largest absolute Gasteiger partial charge is 0.508 e. The first-order chi connectivity index (χ1) is 13.1. The summed E-state index contributed by atoms with van der Waals surface area (Å²) in [7, 11) is 0. The molecule has 27 heavy (non-hydrogen) atoms. The predicted octanol–water partition coefficient (Wildman–Crippen LogP) is 3.37. The van der Waals surface area contributed by atoms with Crippen LogP contribution in [0.15, 0.2) is 30.6 Å². The zero-order valence-corrected chi connectivity index (χ0v) is 15.9. The second-order valence-corrected chi connectivity index (χ2v) is 7.33. The Morgan fingerprint density at radius 3 is 2.56 bits per heavy atom. The van der Waals surface area contributed by atoms with Gasteiger partial charge in [-0.3, -0.25) is 0 Å². The summed E-state index contributed by atoms with van der Waals surface area (Å²) < 4.78 is 2.10. The number of nitrogens with one attached hydrogen (secondary N) is 1. The molecule has 2 N–H and O–H groups in total. The molecule has 0 amide bonds. The van der Waals surface area contributed by atoms with Crippen LogP contribution < -0.4 is 10.2 Å². The summed E-state index contributed by atoms with van der Waals surface area (Å²) in [5.74, 6) is 1.87. The Hall–Kier alpha value is -2.83. The average Bonchev–Trinajstić information content (AvgIpc) is 3.33. The number of rotatable bonds is 6. The van der Waals surface area contributed by atoms with Crippen molar-refractivity contribution in [3.8, 4) is 5.75 Å². The minimum Gasteiger partial charge on any atom is -0.508 e. The van der Waals surface area contributed by atoms with Crippen molar-refractivity contribution in [2.24, 2.45) is 0 Å². The molecule has 7 heteroatoms. The van der Waals surface area contributed by atoms with Gasteiger partial charge in [-0.05, 0) is 50.8 Å². The molecule has 0 aliphatic carbocycles. The predicted molar refractivity (Wildman–Crippen MR) is 107 cm³/mol. The molecule has 1 saturated heterocycles. The number of phenolic OH excluding ortho intramolecular Hbond substituents is 1. The zero-order valence-electron chi connectivity index (χ0n) is 15.9. The number of hydrogen-bond donors (Lipinski definition) is 2. The second-order valence-electron chi connectivity index (χ2n) is 7.33. The Kier molecular flexibility index (Phi) is 4.83. The van der Waals surface area contributed by atoms with E-state index in [1.54, 1.807) is 12.1 Å². The van der Waals surface area contributed by atoms with Crippen molar-refractivity contribution in [1.82, 2.24) is 19.5 Å². The molecule has 4 rings (SSSR count). The van der Waals surface area contributed by atoms with E-state index in [2.05, 4.69) is 33.6 Å². The van der Waals surface area contributed by atoms with Gasteiger partial charge in [-0.1, -0.05) is 12.1 Å². The van der Waals surface area contributed by atoms with Crippen molar-refractivity contribution >= 4 is 22.9 Å². The fourth-order valence-corrected chi connectivity index (χ4v) is 3.45. The van der Waals surface area contributed by atoms with Crippen LogP contribution in [0.4, 0.5) is 11.8 Å². The number of fused-ring (bicyclic) bond motifs is 1. The Labute approximate surface area is 159 Å². The van der Waals surface area contributed by atoms with Gasteiger partial charge in [0, 0.05) is 25.7 Å². The number of anilines is 2. The Bertz CT molecular complexity index is 912. The van der Waals surface area contributed by atoms with Gasteiger partial charge in [0.05, 0.1) is 6.33 Å². The average molecular weight is 366 g/mol. The molecule has 0 atom stereocenters. The van der Waals surface area contributed by atoms with Gasteiger partial charge in [0.25, 0.3) is 0 Å². The minimum atomic E-state index is 0.290. The lowest BCUT2D eigenvalue weighted by atomic mass is 10.1. The van der Waals surface area contributed by atoms with Crippen LogP contribution in [-0.4, -0.2) is 44.3 Å². The number of nitrogens with zero attached hydrogens (tertiary/aromatic N) is 5. The molecule has 1 aromatic carbocycles. The first-order valence-electron chi connectivity index (χ1n) is 9.63. The van der Waals surface area contributed by atoms with E-state index in [9.17, 15) is 5.11 Å². The number of imidazole rings is 1. The van der Waals surface area contributed by atoms with Gasteiger partial charge in [0.15, 0.2) is 17.0 Å². The van der Waals surface area contributed by atoms with Crippen LogP contribution in [0.3, 0.4) is 0 Å². The molecule has 1 aliphatic heterocycles. The second kappa shape index (κ2) is 7.42. The van der Waals surface area contributed by atoms with Gasteiger partial charge in [-0.2, -0.15) is 9.97 Å². The number of aromatic nitrogens is 4. The van der Waals surface area contributed by atoms with Gasteiger partial charge >= 0.3 is 0 Å². The quantitative estimate of drug-likeness (QED) is 0.696. The lowest BCUT2D eigenvalue weighted by molar-refractivity contribution is 0.475.